The Morgan fingerprint density at radius 2 is 1.62 bits per heavy atom. The summed E-state index contributed by atoms with van der Waals surface area (Å²) in [6.07, 6.45) is 11.3. The minimum absolute atomic E-state index is 0.0171. The fraction of sp³-hybridized carbons (Fsp3) is 0.745. The highest BCUT2D eigenvalue weighted by Crippen LogP contribution is 2.38. The van der Waals surface area contributed by atoms with Gasteiger partial charge in [-0.2, -0.15) is 0 Å². The zero-order chi connectivity index (χ0) is 48.2. The molecule has 1 saturated carbocycles. The first-order valence-electron chi connectivity index (χ1n) is 24.0. The van der Waals surface area contributed by atoms with E-state index in [2.05, 4.69) is 0 Å². The van der Waals surface area contributed by atoms with Crippen LogP contribution in [0.25, 0.3) is 0 Å². The van der Waals surface area contributed by atoms with Crippen molar-refractivity contribution >= 4 is 29.2 Å². The van der Waals surface area contributed by atoms with Crippen molar-refractivity contribution < 1.29 is 63.3 Å². The van der Waals surface area contributed by atoms with E-state index in [0.29, 0.717) is 69.8 Å². The molecule has 0 spiro atoms. The summed E-state index contributed by atoms with van der Waals surface area (Å²) in [6.45, 7) is 12.5. The maximum Gasteiger partial charge on any atom is 0.329 e. The third kappa shape index (κ3) is 14.3. The van der Waals surface area contributed by atoms with Crippen LogP contribution in [-0.4, -0.2) is 130 Å². The molecule has 3 aliphatic heterocycles. The van der Waals surface area contributed by atoms with Crippen molar-refractivity contribution in [2.24, 2.45) is 41.4 Å². The van der Waals surface area contributed by atoms with E-state index in [4.69, 9.17) is 18.9 Å². The number of Topliss-reactive ketones (excluding diaryl/α,β-unsaturated/α-hetero) is 3. The van der Waals surface area contributed by atoms with Crippen molar-refractivity contribution in [1.29, 1.82) is 0 Å². The molecule has 0 aromatic rings. The van der Waals surface area contributed by atoms with Crippen molar-refractivity contribution in [2.45, 2.75) is 174 Å². The molecule has 4 aliphatic rings. The summed E-state index contributed by atoms with van der Waals surface area (Å²) in [5.74, 6) is -8.37. The summed E-state index contributed by atoms with van der Waals surface area (Å²) in [7, 11) is 2.95. The maximum absolute atomic E-state index is 14.3. The van der Waals surface area contributed by atoms with Gasteiger partial charge in [0.15, 0.2) is 11.6 Å². The number of cyclic esters (lactones) is 1. The second kappa shape index (κ2) is 25.1. The van der Waals surface area contributed by atoms with Crippen LogP contribution in [0.3, 0.4) is 0 Å². The Kier molecular flexibility index (Phi) is 21.0. The Balaban J connectivity index is 1.70. The van der Waals surface area contributed by atoms with Gasteiger partial charge < -0.3 is 44.3 Å². The third-order valence-electron chi connectivity index (χ3n) is 14.6. The van der Waals surface area contributed by atoms with Crippen LogP contribution in [-0.2, 0) is 42.9 Å². The number of fused-ring (bicyclic) bond motifs is 3. The lowest BCUT2D eigenvalue weighted by Crippen LogP contribution is -2.61. The standard InChI is InChI=1S/C51H79NO13/c1-30-15-11-10-12-16-31(2)43(62-8)27-39-20-18-36(7)51(61,65-39)48(58)49(59)52-22-14-13-17-40(52)50(60)64-44(33(4)25-37-19-21-41(54)38(26-37)29-53)28-42(55)32(3)24-35(6)46(57)47(63-9)45(56)34(5)23-30/h10-12,15-16,24,30,33-41,43-44,46-47,53-54,57,61H,13-14,17-23,25-29H2,1-9H3/b12-10?,15-11?,31-16?,32-24+/t30-,33-,34-,35?,36-,37?,38+,39+,40?,41-,43+,44+,46-,47+,51-/m1/s1. The highest BCUT2D eigenvalue weighted by molar-refractivity contribution is 6.39. The lowest BCUT2D eigenvalue weighted by molar-refractivity contribution is -0.265. The second-order valence-electron chi connectivity index (χ2n) is 19.8. The molecule has 3 heterocycles. The fourth-order valence-corrected chi connectivity index (χ4v) is 10.2. The van der Waals surface area contributed by atoms with Gasteiger partial charge in [-0.3, -0.25) is 19.2 Å². The van der Waals surface area contributed by atoms with E-state index < -0.39 is 83.9 Å². The Morgan fingerprint density at radius 1 is 0.892 bits per heavy atom. The molecule has 1 aliphatic carbocycles. The van der Waals surface area contributed by atoms with Crippen LogP contribution in [0, 0.1) is 41.4 Å². The molecule has 65 heavy (non-hydrogen) atoms. The number of aliphatic hydroxyl groups excluding tert-OH is 3. The van der Waals surface area contributed by atoms with Crippen LogP contribution in [0.1, 0.15) is 126 Å². The molecule has 0 aromatic heterocycles. The smallest absolute Gasteiger partial charge is 0.329 e. The van der Waals surface area contributed by atoms with Crippen LogP contribution < -0.4 is 0 Å². The van der Waals surface area contributed by atoms with Crippen molar-refractivity contribution in [1.82, 2.24) is 4.90 Å². The number of hydrogen-bond donors (Lipinski definition) is 4. The average Bonchev–Trinajstić information content (AvgIpc) is 3.28. The summed E-state index contributed by atoms with van der Waals surface area (Å²) in [5.41, 5.74) is 1.17. The summed E-state index contributed by atoms with van der Waals surface area (Å²) in [4.78, 5) is 71.7. The Labute approximate surface area is 386 Å². The molecule has 15 atom stereocenters. The number of carbonyl (C=O) groups excluding carboxylic acids is 5. The Bertz CT molecular complexity index is 1760. The zero-order valence-electron chi connectivity index (χ0n) is 40.4. The zero-order valence-corrected chi connectivity index (χ0v) is 40.4. The average molecular weight is 914 g/mol. The molecule has 0 aromatic carbocycles. The van der Waals surface area contributed by atoms with Gasteiger partial charge in [0.25, 0.3) is 11.7 Å². The largest absolute Gasteiger partial charge is 0.460 e. The van der Waals surface area contributed by atoms with E-state index in [9.17, 15) is 44.4 Å². The van der Waals surface area contributed by atoms with E-state index >= 15 is 0 Å². The summed E-state index contributed by atoms with van der Waals surface area (Å²) >= 11 is 0. The van der Waals surface area contributed by atoms with Crippen molar-refractivity contribution in [3.63, 3.8) is 0 Å². The van der Waals surface area contributed by atoms with Crippen LogP contribution in [0.5, 0.6) is 0 Å². The van der Waals surface area contributed by atoms with Crippen LogP contribution in [0.4, 0.5) is 0 Å². The molecule has 14 nitrogen and oxygen atoms in total. The molecule has 3 fully saturated rings. The molecular weight excluding hydrogens is 835 g/mol. The number of hydrogen-bond acceptors (Lipinski definition) is 13. The number of carbonyl (C=O) groups is 5. The van der Waals surface area contributed by atoms with E-state index in [1.807, 2.05) is 58.1 Å². The molecule has 366 valence electrons. The van der Waals surface area contributed by atoms with Gasteiger partial charge in [0.05, 0.1) is 24.4 Å². The van der Waals surface area contributed by atoms with E-state index in [1.165, 1.54) is 12.0 Å². The number of nitrogens with zero attached hydrogens (tertiary/aromatic N) is 1. The molecule has 1 amide bonds. The molecule has 4 N–H and O–H groups in total. The molecule has 2 bridgehead atoms. The first kappa shape index (κ1) is 54.2. The number of aliphatic hydroxyl groups is 4. The van der Waals surface area contributed by atoms with Crippen molar-refractivity contribution in [2.75, 3.05) is 27.4 Å². The fourth-order valence-electron chi connectivity index (χ4n) is 10.2. The SMILES string of the molecule is CO[C@H]1C[C@@H]2CC[C@@H](C)[C@@](O)(O2)C(=O)C(=O)N2CCCCC2C(=O)O[C@H]([C@H](C)CC2CC[C@@H](O)[C@H](CO)C2)CC(=O)/C(C)=C/C(C)[C@@H](O)[C@@H](OC)C(=O)[C@H](C)C[C@H](C)C=CC=CC=C1C. The number of esters is 1. The van der Waals surface area contributed by atoms with Crippen LogP contribution in [0.2, 0.25) is 0 Å². The first-order chi connectivity index (χ1) is 30.7. The van der Waals surface area contributed by atoms with Gasteiger partial charge in [0, 0.05) is 63.9 Å². The van der Waals surface area contributed by atoms with E-state index in [0.717, 1.165) is 5.57 Å². The quantitative estimate of drug-likeness (QED) is 0.185. The monoisotopic (exact) mass is 914 g/mol. The van der Waals surface area contributed by atoms with Gasteiger partial charge in [-0.05, 0) is 107 Å². The Morgan fingerprint density at radius 3 is 2.29 bits per heavy atom. The Hall–Kier alpha value is -3.37. The predicted molar refractivity (Wildman–Crippen MR) is 245 cm³/mol. The summed E-state index contributed by atoms with van der Waals surface area (Å²) < 4.78 is 23.8. The van der Waals surface area contributed by atoms with Crippen molar-refractivity contribution in [3.8, 4) is 0 Å². The lowest BCUT2D eigenvalue weighted by atomic mass is 9.75. The summed E-state index contributed by atoms with van der Waals surface area (Å²) in [6, 6.07) is -1.16. The number of ketones is 3. The number of rotatable bonds is 6. The lowest BCUT2D eigenvalue weighted by Gasteiger charge is -2.42. The minimum Gasteiger partial charge on any atom is -0.460 e. The topological polar surface area (TPSA) is 206 Å². The van der Waals surface area contributed by atoms with Gasteiger partial charge in [-0.15, -0.1) is 0 Å². The third-order valence-corrected chi connectivity index (χ3v) is 14.6. The number of allylic oxidation sites excluding steroid dienone is 6. The predicted octanol–water partition coefficient (Wildman–Crippen LogP) is 5.77. The number of methoxy groups -OCH3 is 2. The van der Waals surface area contributed by atoms with Gasteiger partial charge in [0.2, 0.25) is 5.79 Å². The van der Waals surface area contributed by atoms with E-state index in [1.54, 1.807) is 34.0 Å². The van der Waals surface area contributed by atoms with Gasteiger partial charge >= 0.3 is 5.97 Å². The van der Waals surface area contributed by atoms with Gasteiger partial charge in [-0.1, -0.05) is 71.1 Å². The molecule has 14 heteroatoms. The minimum atomic E-state index is -2.44. The van der Waals surface area contributed by atoms with E-state index in [-0.39, 0.29) is 61.2 Å². The second-order valence-corrected chi connectivity index (χ2v) is 19.8. The molecule has 4 rings (SSSR count). The molecule has 3 unspecified atom stereocenters. The van der Waals surface area contributed by atoms with Gasteiger partial charge in [0.1, 0.15) is 18.2 Å². The van der Waals surface area contributed by atoms with Crippen LogP contribution in [0.15, 0.2) is 47.6 Å². The maximum atomic E-state index is 14.3. The van der Waals surface area contributed by atoms with Crippen LogP contribution >= 0.6 is 0 Å². The highest BCUT2D eigenvalue weighted by Gasteiger charge is 2.53. The molecule has 0 radical (unpaired) electrons. The number of piperidine rings is 1. The van der Waals surface area contributed by atoms with Crippen molar-refractivity contribution in [3.05, 3.63) is 47.6 Å². The molecular formula is C51H79NO13. The van der Waals surface area contributed by atoms with Gasteiger partial charge in [-0.25, -0.2) is 4.79 Å². The molecule has 2 saturated heterocycles. The number of amides is 1. The normalized spacial score (nSPS) is 38.6. The highest BCUT2D eigenvalue weighted by atomic mass is 16.6. The first-order valence-corrected chi connectivity index (χ1v) is 24.0. The summed E-state index contributed by atoms with van der Waals surface area (Å²) in [5, 5.41) is 43.7. The number of ether oxygens (including phenoxy) is 4.